The van der Waals surface area contributed by atoms with Crippen molar-refractivity contribution in [2.24, 2.45) is 0 Å². The van der Waals surface area contributed by atoms with E-state index in [0.717, 1.165) is 15.4 Å². The van der Waals surface area contributed by atoms with Crippen LogP contribution < -0.4 is 5.32 Å². The Bertz CT molecular complexity index is 1150. The van der Waals surface area contributed by atoms with E-state index in [-0.39, 0.29) is 18.0 Å². The summed E-state index contributed by atoms with van der Waals surface area (Å²) in [6.45, 7) is 1.60. The summed E-state index contributed by atoms with van der Waals surface area (Å²) >= 11 is 11.9. The molecule has 0 saturated heterocycles. The number of anilines is 1. The second-order valence-electron chi connectivity index (χ2n) is 6.71. The van der Waals surface area contributed by atoms with Gasteiger partial charge < -0.3 is 5.32 Å². The Kier molecular flexibility index (Phi) is 7.15. The average molecular weight is 463 g/mol. The summed E-state index contributed by atoms with van der Waals surface area (Å²) in [7, 11) is -3.94. The number of aryl methyl sites for hydroxylation is 1. The van der Waals surface area contributed by atoms with Gasteiger partial charge in [-0.25, -0.2) is 8.42 Å². The van der Waals surface area contributed by atoms with Crippen LogP contribution in [-0.4, -0.2) is 25.2 Å². The van der Waals surface area contributed by atoms with E-state index < -0.39 is 15.9 Å². The number of nitrogens with zero attached hydrogens (tertiary/aromatic N) is 1. The van der Waals surface area contributed by atoms with Crippen LogP contribution in [0.1, 0.15) is 11.1 Å². The van der Waals surface area contributed by atoms with Crippen molar-refractivity contribution >= 4 is 44.8 Å². The van der Waals surface area contributed by atoms with Crippen molar-refractivity contribution in [1.29, 1.82) is 0 Å². The molecule has 0 heterocycles. The standard InChI is InChI=1S/C22H20Cl2N2O3S/c1-16-5-2-3-6-17(16)14-26(30(28,29)21-11-9-18(23)10-12-21)15-22(27)25-20-8-4-7-19(24)13-20/h2-13H,14-15H2,1H3,(H,25,27). The molecule has 0 aliphatic carbocycles. The van der Waals surface area contributed by atoms with E-state index in [1.807, 2.05) is 31.2 Å². The molecule has 3 rings (SSSR count). The highest BCUT2D eigenvalue weighted by Gasteiger charge is 2.27. The smallest absolute Gasteiger partial charge is 0.243 e. The van der Waals surface area contributed by atoms with E-state index in [4.69, 9.17) is 23.2 Å². The number of hydrogen-bond donors (Lipinski definition) is 1. The molecule has 3 aromatic rings. The number of sulfonamides is 1. The van der Waals surface area contributed by atoms with Crippen molar-refractivity contribution in [2.75, 3.05) is 11.9 Å². The minimum atomic E-state index is -3.94. The lowest BCUT2D eigenvalue weighted by atomic mass is 10.1. The predicted octanol–water partition coefficient (Wildman–Crippen LogP) is 5.13. The third-order valence-electron chi connectivity index (χ3n) is 4.49. The molecule has 30 heavy (non-hydrogen) atoms. The summed E-state index contributed by atoms with van der Waals surface area (Å²) in [4.78, 5) is 12.7. The molecular formula is C22H20Cl2N2O3S. The summed E-state index contributed by atoms with van der Waals surface area (Å²) in [5.74, 6) is -0.469. The van der Waals surface area contributed by atoms with Crippen LogP contribution >= 0.6 is 23.2 Å². The molecule has 1 amide bonds. The molecule has 5 nitrogen and oxygen atoms in total. The largest absolute Gasteiger partial charge is 0.325 e. The van der Waals surface area contributed by atoms with Gasteiger partial charge in [-0.2, -0.15) is 4.31 Å². The molecule has 1 N–H and O–H groups in total. The van der Waals surface area contributed by atoms with Gasteiger partial charge in [0.2, 0.25) is 15.9 Å². The molecule has 3 aromatic carbocycles. The highest BCUT2D eigenvalue weighted by Crippen LogP contribution is 2.22. The second kappa shape index (κ2) is 9.62. The van der Waals surface area contributed by atoms with Gasteiger partial charge in [0, 0.05) is 22.3 Å². The zero-order valence-corrected chi connectivity index (χ0v) is 18.5. The van der Waals surface area contributed by atoms with Crippen molar-refractivity contribution in [2.45, 2.75) is 18.4 Å². The molecule has 0 radical (unpaired) electrons. The molecule has 0 aliphatic rings. The van der Waals surface area contributed by atoms with Gasteiger partial charge in [0.05, 0.1) is 11.4 Å². The van der Waals surface area contributed by atoms with E-state index in [9.17, 15) is 13.2 Å². The second-order valence-corrected chi connectivity index (χ2v) is 9.52. The summed E-state index contributed by atoms with van der Waals surface area (Å²) < 4.78 is 27.7. The number of halogens is 2. The minimum absolute atomic E-state index is 0.0561. The monoisotopic (exact) mass is 462 g/mol. The lowest BCUT2D eigenvalue weighted by molar-refractivity contribution is -0.116. The minimum Gasteiger partial charge on any atom is -0.325 e. The quantitative estimate of drug-likeness (QED) is 0.528. The Balaban J connectivity index is 1.89. The maximum absolute atomic E-state index is 13.3. The number of carbonyl (C=O) groups excluding carboxylic acids is 1. The maximum Gasteiger partial charge on any atom is 0.243 e. The van der Waals surface area contributed by atoms with E-state index in [0.29, 0.717) is 15.7 Å². The number of amides is 1. The van der Waals surface area contributed by atoms with Gasteiger partial charge in [0.15, 0.2) is 0 Å². The number of benzene rings is 3. The Hall–Kier alpha value is -2.38. The molecule has 8 heteroatoms. The van der Waals surface area contributed by atoms with Crippen LogP contribution in [0.5, 0.6) is 0 Å². The molecule has 0 fully saturated rings. The fraction of sp³-hybridized carbons (Fsp3) is 0.136. The van der Waals surface area contributed by atoms with Gasteiger partial charge in [0.1, 0.15) is 0 Å². The van der Waals surface area contributed by atoms with Gasteiger partial charge in [-0.15, -0.1) is 0 Å². The molecule has 0 spiro atoms. The van der Waals surface area contributed by atoms with E-state index in [1.165, 1.54) is 24.3 Å². The molecule has 0 saturated carbocycles. The summed E-state index contributed by atoms with van der Waals surface area (Å²) in [5, 5.41) is 3.60. The average Bonchev–Trinajstić information content (AvgIpc) is 2.69. The van der Waals surface area contributed by atoms with Crippen molar-refractivity contribution < 1.29 is 13.2 Å². The highest BCUT2D eigenvalue weighted by molar-refractivity contribution is 7.89. The van der Waals surface area contributed by atoms with Crippen LogP contribution in [0.4, 0.5) is 5.69 Å². The first-order valence-corrected chi connectivity index (χ1v) is 11.3. The number of rotatable bonds is 7. The van der Waals surface area contributed by atoms with Gasteiger partial charge >= 0.3 is 0 Å². The zero-order valence-electron chi connectivity index (χ0n) is 16.2. The third kappa shape index (κ3) is 5.61. The molecule has 0 unspecified atom stereocenters. The Morgan fingerprint density at radius 2 is 1.63 bits per heavy atom. The van der Waals surface area contributed by atoms with Crippen molar-refractivity contribution in [3.63, 3.8) is 0 Å². The first-order valence-electron chi connectivity index (χ1n) is 9.11. The number of nitrogens with one attached hydrogen (secondary N) is 1. The molecule has 0 aliphatic heterocycles. The van der Waals surface area contributed by atoms with Crippen molar-refractivity contribution in [3.8, 4) is 0 Å². The van der Waals surface area contributed by atoms with Gasteiger partial charge in [0.25, 0.3) is 0 Å². The Morgan fingerprint density at radius 1 is 0.933 bits per heavy atom. The Morgan fingerprint density at radius 3 is 2.30 bits per heavy atom. The predicted molar refractivity (Wildman–Crippen MR) is 120 cm³/mol. The van der Waals surface area contributed by atoms with Crippen LogP contribution in [-0.2, 0) is 21.4 Å². The first kappa shape index (κ1) is 22.3. The highest BCUT2D eigenvalue weighted by atomic mass is 35.5. The SMILES string of the molecule is Cc1ccccc1CN(CC(=O)Nc1cccc(Cl)c1)S(=O)(=O)c1ccc(Cl)cc1. The number of carbonyl (C=O) groups is 1. The third-order valence-corrected chi connectivity index (χ3v) is 6.78. The van der Waals surface area contributed by atoms with Crippen molar-refractivity contribution in [1.82, 2.24) is 4.31 Å². The summed E-state index contributed by atoms with van der Waals surface area (Å²) in [6.07, 6.45) is 0. The fourth-order valence-electron chi connectivity index (χ4n) is 2.89. The van der Waals surface area contributed by atoms with Crippen LogP contribution in [0.2, 0.25) is 10.0 Å². The summed E-state index contributed by atoms with van der Waals surface area (Å²) in [5.41, 5.74) is 2.24. The molecule has 0 aromatic heterocycles. The van der Waals surface area contributed by atoms with Crippen LogP contribution in [0.25, 0.3) is 0 Å². The van der Waals surface area contributed by atoms with E-state index in [1.54, 1.807) is 24.3 Å². The maximum atomic E-state index is 13.3. The number of hydrogen-bond acceptors (Lipinski definition) is 3. The lowest BCUT2D eigenvalue weighted by Crippen LogP contribution is -2.37. The normalized spacial score (nSPS) is 11.5. The van der Waals surface area contributed by atoms with Crippen molar-refractivity contribution in [3.05, 3.63) is 94.0 Å². The van der Waals surface area contributed by atoms with Crippen LogP contribution in [0.3, 0.4) is 0 Å². The molecule has 156 valence electrons. The molecule has 0 atom stereocenters. The summed E-state index contributed by atoms with van der Waals surface area (Å²) in [6, 6.07) is 20.0. The topological polar surface area (TPSA) is 66.5 Å². The van der Waals surface area contributed by atoms with Gasteiger partial charge in [-0.1, -0.05) is 53.5 Å². The van der Waals surface area contributed by atoms with Crippen LogP contribution in [0.15, 0.2) is 77.7 Å². The van der Waals surface area contributed by atoms with Gasteiger partial charge in [-0.05, 0) is 60.5 Å². The fourth-order valence-corrected chi connectivity index (χ4v) is 4.58. The van der Waals surface area contributed by atoms with E-state index in [2.05, 4.69) is 5.32 Å². The molecule has 0 bridgehead atoms. The van der Waals surface area contributed by atoms with Crippen LogP contribution in [0, 0.1) is 6.92 Å². The van der Waals surface area contributed by atoms with Gasteiger partial charge in [-0.3, -0.25) is 4.79 Å². The lowest BCUT2D eigenvalue weighted by Gasteiger charge is -2.23. The Labute approximate surface area is 186 Å². The first-order chi connectivity index (χ1) is 14.3. The van der Waals surface area contributed by atoms with E-state index >= 15 is 0 Å². The zero-order chi connectivity index (χ0) is 21.7. The molecular weight excluding hydrogens is 443 g/mol.